The number of amides is 1. The first kappa shape index (κ1) is 15.1. The van der Waals surface area contributed by atoms with Crippen LogP contribution in [-0.4, -0.2) is 24.1 Å². The van der Waals surface area contributed by atoms with E-state index in [1.807, 2.05) is 6.07 Å². The highest BCUT2D eigenvalue weighted by atomic mass is 32.1. The van der Waals surface area contributed by atoms with Gasteiger partial charge in [0.25, 0.3) is 0 Å². The third kappa shape index (κ3) is 3.82. The van der Waals surface area contributed by atoms with Crippen LogP contribution >= 0.6 is 11.3 Å². The van der Waals surface area contributed by atoms with Crippen molar-refractivity contribution in [2.24, 2.45) is 0 Å². The van der Waals surface area contributed by atoms with Crippen molar-refractivity contribution < 1.29 is 19.4 Å². The monoisotopic (exact) mass is 305 g/mol. The fraction of sp³-hybridized carbons (Fsp3) is 0.200. The number of carboxylic acid groups (broad SMARTS) is 1. The zero-order valence-electron chi connectivity index (χ0n) is 11.4. The molecule has 2 aromatic rings. The molecule has 1 amide bonds. The van der Waals surface area contributed by atoms with Crippen molar-refractivity contribution in [3.05, 3.63) is 52.2 Å². The number of aliphatic carboxylic acids is 1. The maximum atomic E-state index is 12.1. The summed E-state index contributed by atoms with van der Waals surface area (Å²) in [4.78, 5) is 23.9. The Hall–Kier alpha value is -2.34. The molecule has 1 aromatic carbocycles. The number of ether oxygens (including phenoxy) is 1. The van der Waals surface area contributed by atoms with Gasteiger partial charge in [0, 0.05) is 10.4 Å². The molecule has 0 aliphatic rings. The first-order valence-electron chi connectivity index (χ1n) is 6.29. The highest BCUT2D eigenvalue weighted by molar-refractivity contribution is 7.10. The van der Waals surface area contributed by atoms with Crippen molar-refractivity contribution in [1.82, 2.24) is 5.32 Å². The molecule has 0 fully saturated rings. The Balaban J connectivity index is 2.08. The molecular weight excluding hydrogens is 290 g/mol. The number of rotatable bonds is 6. The lowest BCUT2D eigenvalue weighted by Gasteiger charge is -2.14. The zero-order valence-corrected chi connectivity index (χ0v) is 12.2. The van der Waals surface area contributed by atoms with Gasteiger partial charge in [-0.1, -0.05) is 24.3 Å². The second kappa shape index (κ2) is 6.90. The Labute approximate surface area is 126 Å². The van der Waals surface area contributed by atoms with E-state index in [4.69, 9.17) is 4.74 Å². The molecule has 2 N–H and O–H groups in total. The van der Waals surface area contributed by atoms with Crippen LogP contribution < -0.4 is 10.1 Å². The van der Waals surface area contributed by atoms with Crippen LogP contribution in [0.4, 0.5) is 0 Å². The van der Waals surface area contributed by atoms with Gasteiger partial charge in [-0.25, -0.2) is 4.79 Å². The van der Waals surface area contributed by atoms with E-state index >= 15 is 0 Å². The number of carbonyl (C=O) groups excluding carboxylic acids is 1. The van der Waals surface area contributed by atoms with E-state index in [0.29, 0.717) is 16.2 Å². The molecule has 0 saturated heterocycles. The molecule has 0 spiro atoms. The molecule has 1 atom stereocenters. The molecule has 2 rings (SSSR count). The Morgan fingerprint density at radius 2 is 2.05 bits per heavy atom. The number of nitrogens with one attached hydrogen (secondary N) is 1. The fourth-order valence-corrected chi connectivity index (χ4v) is 2.71. The molecule has 5 nitrogen and oxygen atoms in total. The number of hydrogen-bond acceptors (Lipinski definition) is 4. The van der Waals surface area contributed by atoms with E-state index < -0.39 is 12.0 Å². The van der Waals surface area contributed by atoms with E-state index in [-0.39, 0.29) is 12.3 Å². The second-order valence-corrected chi connectivity index (χ2v) is 5.32. The predicted molar refractivity (Wildman–Crippen MR) is 79.5 cm³/mol. The van der Waals surface area contributed by atoms with Crippen LogP contribution in [0.3, 0.4) is 0 Å². The largest absolute Gasteiger partial charge is 0.496 e. The molecule has 0 radical (unpaired) electrons. The van der Waals surface area contributed by atoms with Gasteiger partial charge < -0.3 is 15.2 Å². The van der Waals surface area contributed by atoms with Crippen LogP contribution in [0, 0.1) is 0 Å². The number of methoxy groups -OCH3 is 1. The molecule has 0 bridgehead atoms. The number of para-hydroxylation sites is 1. The summed E-state index contributed by atoms with van der Waals surface area (Å²) in [5, 5.41) is 13.5. The van der Waals surface area contributed by atoms with Crippen molar-refractivity contribution in [3.63, 3.8) is 0 Å². The van der Waals surface area contributed by atoms with Gasteiger partial charge in [0.05, 0.1) is 13.5 Å². The summed E-state index contributed by atoms with van der Waals surface area (Å²) in [7, 11) is 1.53. The van der Waals surface area contributed by atoms with Gasteiger partial charge in [0.2, 0.25) is 5.91 Å². The molecule has 110 valence electrons. The summed E-state index contributed by atoms with van der Waals surface area (Å²) in [6, 6.07) is 9.57. The Morgan fingerprint density at radius 1 is 1.29 bits per heavy atom. The Bertz CT molecular complexity index is 624. The van der Waals surface area contributed by atoms with Gasteiger partial charge in [-0.2, -0.15) is 0 Å². The average Bonchev–Trinajstić information content (AvgIpc) is 2.99. The normalized spacial score (nSPS) is 11.7. The minimum atomic E-state index is -1.08. The van der Waals surface area contributed by atoms with Gasteiger partial charge in [0.1, 0.15) is 5.75 Å². The molecule has 0 aliphatic carbocycles. The van der Waals surface area contributed by atoms with Gasteiger partial charge in [-0.3, -0.25) is 4.79 Å². The summed E-state index contributed by atoms with van der Waals surface area (Å²) in [6.45, 7) is 0. The van der Waals surface area contributed by atoms with Crippen LogP contribution in [0.1, 0.15) is 16.5 Å². The number of carbonyl (C=O) groups is 2. The predicted octanol–water partition coefficient (Wildman–Crippen LogP) is 2.24. The second-order valence-electron chi connectivity index (χ2n) is 4.34. The molecule has 1 aromatic heterocycles. The van der Waals surface area contributed by atoms with Crippen molar-refractivity contribution >= 4 is 23.2 Å². The van der Waals surface area contributed by atoms with E-state index in [1.54, 1.807) is 35.7 Å². The van der Waals surface area contributed by atoms with Gasteiger partial charge in [0.15, 0.2) is 6.04 Å². The standard InChI is InChI=1S/C15H15NO4S/c1-20-11-6-3-2-5-10(11)9-13(17)16-14(15(18)19)12-7-4-8-21-12/h2-8,14H,9H2,1H3,(H,16,17)(H,18,19). The molecule has 1 heterocycles. The highest BCUT2D eigenvalue weighted by Crippen LogP contribution is 2.21. The van der Waals surface area contributed by atoms with E-state index in [0.717, 1.165) is 0 Å². The third-order valence-corrected chi connectivity index (χ3v) is 3.86. The minimum Gasteiger partial charge on any atom is -0.496 e. The quantitative estimate of drug-likeness (QED) is 0.858. The zero-order chi connectivity index (χ0) is 15.2. The Morgan fingerprint density at radius 3 is 2.67 bits per heavy atom. The van der Waals surface area contributed by atoms with Crippen LogP contribution in [0.25, 0.3) is 0 Å². The van der Waals surface area contributed by atoms with Crippen molar-refractivity contribution in [2.75, 3.05) is 7.11 Å². The molecule has 1 unspecified atom stereocenters. The fourth-order valence-electron chi connectivity index (χ4n) is 1.94. The number of thiophene rings is 1. The minimum absolute atomic E-state index is 0.0686. The van der Waals surface area contributed by atoms with E-state index in [2.05, 4.69) is 5.32 Å². The summed E-state index contributed by atoms with van der Waals surface area (Å²) in [5.74, 6) is -0.832. The van der Waals surface area contributed by atoms with Crippen molar-refractivity contribution in [3.8, 4) is 5.75 Å². The molecule has 6 heteroatoms. The van der Waals surface area contributed by atoms with Crippen LogP contribution in [0.2, 0.25) is 0 Å². The molecule has 0 saturated carbocycles. The first-order chi connectivity index (χ1) is 10.1. The van der Waals surface area contributed by atoms with Crippen LogP contribution in [0.5, 0.6) is 5.75 Å². The smallest absolute Gasteiger partial charge is 0.331 e. The first-order valence-corrected chi connectivity index (χ1v) is 7.17. The lowest BCUT2D eigenvalue weighted by molar-refractivity contribution is -0.141. The van der Waals surface area contributed by atoms with Crippen molar-refractivity contribution in [2.45, 2.75) is 12.5 Å². The number of hydrogen-bond donors (Lipinski definition) is 2. The third-order valence-electron chi connectivity index (χ3n) is 2.92. The number of benzene rings is 1. The average molecular weight is 305 g/mol. The lowest BCUT2D eigenvalue weighted by Crippen LogP contribution is -2.34. The van der Waals surface area contributed by atoms with Gasteiger partial charge >= 0.3 is 5.97 Å². The summed E-state index contributed by atoms with van der Waals surface area (Å²) in [5.41, 5.74) is 0.716. The summed E-state index contributed by atoms with van der Waals surface area (Å²) in [6.07, 6.45) is 0.0686. The summed E-state index contributed by atoms with van der Waals surface area (Å²) >= 11 is 1.30. The maximum absolute atomic E-state index is 12.1. The highest BCUT2D eigenvalue weighted by Gasteiger charge is 2.23. The van der Waals surface area contributed by atoms with Crippen LogP contribution in [0.15, 0.2) is 41.8 Å². The van der Waals surface area contributed by atoms with E-state index in [1.165, 1.54) is 18.4 Å². The topological polar surface area (TPSA) is 75.6 Å². The summed E-state index contributed by atoms with van der Waals surface area (Å²) < 4.78 is 5.18. The lowest BCUT2D eigenvalue weighted by atomic mass is 10.1. The van der Waals surface area contributed by atoms with Crippen molar-refractivity contribution in [1.29, 1.82) is 0 Å². The maximum Gasteiger partial charge on any atom is 0.331 e. The van der Waals surface area contributed by atoms with Gasteiger partial charge in [-0.15, -0.1) is 11.3 Å². The van der Waals surface area contributed by atoms with E-state index in [9.17, 15) is 14.7 Å². The number of carboxylic acids is 1. The SMILES string of the molecule is COc1ccccc1CC(=O)NC(C(=O)O)c1cccs1. The van der Waals surface area contributed by atoms with Gasteiger partial charge in [-0.05, 0) is 17.5 Å². The Kier molecular flexibility index (Phi) is 4.94. The molecular formula is C15H15NO4S. The van der Waals surface area contributed by atoms with Crippen LogP contribution in [-0.2, 0) is 16.0 Å². The molecule has 0 aliphatic heterocycles. The molecule has 21 heavy (non-hydrogen) atoms.